The van der Waals surface area contributed by atoms with Crippen molar-refractivity contribution in [3.05, 3.63) is 65.7 Å². The fourth-order valence-corrected chi connectivity index (χ4v) is 4.94. The fourth-order valence-electron chi connectivity index (χ4n) is 2.05. The van der Waals surface area contributed by atoms with Gasteiger partial charge in [0.15, 0.2) is 0 Å². The molecular weight excluding hydrogens is 312 g/mol. The van der Waals surface area contributed by atoms with Crippen molar-refractivity contribution in [2.75, 3.05) is 11.5 Å². The van der Waals surface area contributed by atoms with Crippen molar-refractivity contribution in [1.82, 2.24) is 0 Å². The molecule has 0 saturated carbocycles. The lowest BCUT2D eigenvalue weighted by molar-refractivity contribution is 0.112. The normalized spacial score (nSPS) is 14.7. The van der Waals surface area contributed by atoms with Crippen molar-refractivity contribution < 1.29 is 9.90 Å². The number of carbonyl (C=O) groups excluding carboxylic acids is 1. The van der Waals surface area contributed by atoms with Crippen LogP contribution in [0.25, 0.3) is 0 Å². The SMILES string of the molecule is O=Cc1ccccc1.Oc1ccccc1CC1SCCCS1. The van der Waals surface area contributed by atoms with Gasteiger partial charge in [0, 0.05) is 5.56 Å². The second-order valence-electron chi connectivity index (χ2n) is 4.89. The van der Waals surface area contributed by atoms with Gasteiger partial charge in [0.05, 0.1) is 4.58 Å². The molecule has 22 heavy (non-hydrogen) atoms. The first kappa shape index (κ1) is 17.0. The second kappa shape index (κ2) is 9.59. The maximum atomic E-state index is 10.0. The zero-order valence-electron chi connectivity index (χ0n) is 12.4. The topological polar surface area (TPSA) is 37.3 Å². The molecule has 3 rings (SSSR count). The number of rotatable bonds is 3. The molecule has 1 N–H and O–H groups in total. The van der Waals surface area contributed by atoms with E-state index in [4.69, 9.17) is 0 Å². The van der Waals surface area contributed by atoms with Crippen molar-refractivity contribution in [3.63, 3.8) is 0 Å². The number of para-hydroxylation sites is 1. The van der Waals surface area contributed by atoms with Crippen molar-refractivity contribution in [2.24, 2.45) is 0 Å². The highest BCUT2D eigenvalue weighted by Crippen LogP contribution is 2.34. The highest BCUT2D eigenvalue weighted by atomic mass is 32.2. The minimum Gasteiger partial charge on any atom is -0.508 e. The van der Waals surface area contributed by atoms with Gasteiger partial charge in [-0.05, 0) is 36.0 Å². The van der Waals surface area contributed by atoms with Gasteiger partial charge in [-0.3, -0.25) is 4.79 Å². The minimum absolute atomic E-state index is 0.444. The van der Waals surface area contributed by atoms with Crippen LogP contribution in [0.1, 0.15) is 22.3 Å². The van der Waals surface area contributed by atoms with Gasteiger partial charge in [-0.25, -0.2) is 0 Å². The summed E-state index contributed by atoms with van der Waals surface area (Å²) in [5.74, 6) is 2.98. The molecule has 116 valence electrons. The van der Waals surface area contributed by atoms with E-state index in [1.807, 2.05) is 59.9 Å². The van der Waals surface area contributed by atoms with Gasteiger partial charge < -0.3 is 5.11 Å². The summed E-state index contributed by atoms with van der Waals surface area (Å²) in [5, 5.41) is 9.62. The van der Waals surface area contributed by atoms with Crippen LogP contribution in [0.3, 0.4) is 0 Å². The third-order valence-corrected chi connectivity index (χ3v) is 6.15. The molecule has 1 saturated heterocycles. The molecule has 0 radical (unpaired) electrons. The Morgan fingerprint density at radius 2 is 1.64 bits per heavy atom. The van der Waals surface area contributed by atoms with Gasteiger partial charge in [-0.1, -0.05) is 48.5 Å². The van der Waals surface area contributed by atoms with Crippen LogP contribution < -0.4 is 0 Å². The first-order valence-corrected chi connectivity index (χ1v) is 9.39. The Morgan fingerprint density at radius 1 is 1.00 bits per heavy atom. The van der Waals surface area contributed by atoms with Crippen LogP contribution in [0, 0.1) is 0 Å². The first-order valence-electron chi connectivity index (χ1n) is 7.30. The van der Waals surface area contributed by atoms with Crippen LogP contribution in [-0.2, 0) is 6.42 Å². The van der Waals surface area contributed by atoms with E-state index in [0.717, 1.165) is 23.8 Å². The summed E-state index contributed by atoms with van der Waals surface area (Å²) >= 11 is 4.04. The summed E-state index contributed by atoms with van der Waals surface area (Å²) in [6.45, 7) is 0. The highest BCUT2D eigenvalue weighted by Gasteiger charge is 2.15. The Kier molecular flexibility index (Phi) is 7.40. The highest BCUT2D eigenvalue weighted by molar-refractivity contribution is 8.17. The average molecular weight is 332 g/mol. The molecule has 0 aliphatic carbocycles. The molecule has 2 aromatic carbocycles. The van der Waals surface area contributed by atoms with E-state index in [9.17, 15) is 9.90 Å². The van der Waals surface area contributed by atoms with Gasteiger partial charge in [0.1, 0.15) is 12.0 Å². The number of phenolic OH excluding ortho intramolecular Hbond substituents is 1. The average Bonchev–Trinajstić information content (AvgIpc) is 2.59. The lowest BCUT2D eigenvalue weighted by Crippen LogP contribution is -2.09. The molecule has 1 fully saturated rings. The smallest absolute Gasteiger partial charge is 0.150 e. The number of aromatic hydroxyl groups is 1. The number of aldehydes is 1. The summed E-state index contributed by atoms with van der Waals surface area (Å²) in [6, 6.07) is 16.8. The first-order chi connectivity index (χ1) is 10.8. The lowest BCUT2D eigenvalue weighted by atomic mass is 10.1. The van der Waals surface area contributed by atoms with Crippen LogP contribution in [0.15, 0.2) is 54.6 Å². The van der Waals surface area contributed by atoms with E-state index < -0.39 is 0 Å². The van der Waals surface area contributed by atoms with Crippen molar-refractivity contribution >= 4 is 29.8 Å². The molecular formula is C18H20O2S2. The lowest BCUT2D eigenvalue weighted by Gasteiger charge is -2.21. The van der Waals surface area contributed by atoms with Gasteiger partial charge in [-0.15, -0.1) is 23.5 Å². The van der Waals surface area contributed by atoms with E-state index in [-0.39, 0.29) is 0 Å². The maximum absolute atomic E-state index is 10.0. The molecule has 1 aliphatic heterocycles. The summed E-state index contributed by atoms with van der Waals surface area (Å²) in [4.78, 5) is 10.0. The maximum Gasteiger partial charge on any atom is 0.150 e. The van der Waals surface area contributed by atoms with Crippen LogP contribution in [-0.4, -0.2) is 27.5 Å². The summed E-state index contributed by atoms with van der Waals surface area (Å²) in [7, 11) is 0. The minimum atomic E-state index is 0.444. The Morgan fingerprint density at radius 3 is 2.23 bits per heavy atom. The zero-order valence-corrected chi connectivity index (χ0v) is 14.0. The van der Waals surface area contributed by atoms with Gasteiger partial charge in [0.25, 0.3) is 0 Å². The molecule has 4 heteroatoms. The molecule has 1 aliphatic rings. The molecule has 0 atom stereocenters. The van der Waals surface area contributed by atoms with Crippen molar-refractivity contribution in [3.8, 4) is 5.75 Å². The van der Waals surface area contributed by atoms with E-state index in [1.54, 1.807) is 18.2 Å². The summed E-state index contributed by atoms with van der Waals surface area (Å²) in [6.07, 6.45) is 3.15. The monoisotopic (exact) mass is 332 g/mol. The number of hydrogen-bond donors (Lipinski definition) is 1. The van der Waals surface area contributed by atoms with E-state index in [0.29, 0.717) is 10.3 Å². The summed E-state index contributed by atoms with van der Waals surface area (Å²) in [5.41, 5.74) is 1.81. The largest absolute Gasteiger partial charge is 0.508 e. The number of phenols is 1. The third-order valence-electron chi connectivity index (χ3n) is 3.21. The quantitative estimate of drug-likeness (QED) is 0.832. The third kappa shape index (κ3) is 5.78. The molecule has 0 spiro atoms. The molecule has 0 bridgehead atoms. The fraction of sp³-hybridized carbons (Fsp3) is 0.278. The molecule has 2 nitrogen and oxygen atoms in total. The predicted molar refractivity (Wildman–Crippen MR) is 97.0 cm³/mol. The van der Waals surface area contributed by atoms with Gasteiger partial charge in [0.2, 0.25) is 0 Å². The van der Waals surface area contributed by atoms with Crippen LogP contribution in [0.4, 0.5) is 0 Å². The molecule has 0 unspecified atom stereocenters. The van der Waals surface area contributed by atoms with E-state index >= 15 is 0 Å². The summed E-state index contributed by atoms with van der Waals surface area (Å²) < 4.78 is 0.636. The molecule has 0 aromatic heterocycles. The molecule has 2 aromatic rings. The number of benzene rings is 2. The Hall–Kier alpha value is -1.39. The van der Waals surface area contributed by atoms with Gasteiger partial charge >= 0.3 is 0 Å². The van der Waals surface area contributed by atoms with E-state index in [1.165, 1.54) is 17.9 Å². The zero-order chi connectivity index (χ0) is 15.6. The number of carbonyl (C=O) groups is 1. The standard InChI is InChI=1S/C11H14OS2.C7H6O/c12-10-5-2-1-4-9(10)8-11-13-6-3-7-14-11;8-6-7-4-2-1-3-5-7/h1-2,4-5,11-12H,3,6-8H2;1-6H. The van der Waals surface area contributed by atoms with Crippen molar-refractivity contribution in [1.29, 1.82) is 0 Å². The Balaban J connectivity index is 0.000000188. The second-order valence-corrected chi connectivity index (χ2v) is 7.81. The number of thioether (sulfide) groups is 2. The van der Waals surface area contributed by atoms with Crippen molar-refractivity contribution in [2.45, 2.75) is 17.4 Å². The molecule has 0 amide bonds. The van der Waals surface area contributed by atoms with Crippen LogP contribution in [0.5, 0.6) is 5.75 Å². The van der Waals surface area contributed by atoms with Crippen LogP contribution >= 0.6 is 23.5 Å². The Labute approximate surface area is 140 Å². The van der Waals surface area contributed by atoms with Crippen LogP contribution in [0.2, 0.25) is 0 Å². The number of hydrogen-bond acceptors (Lipinski definition) is 4. The Bertz CT molecular complexity index is 566. The predicted octanol–water partition coefficient (Wildman–Crippen LogP) is 4.63. The van der Waals surface area contributed by atoms with Gasteiger partial charge in [-0.2, -0.15) is 0 Å². The van der Waals surface area contributed by atoms with E-state index in [2.05, 4.69) is 0 Å². The molecule has 1 heterocycles.